The minimum atomic E-state index is 0.146. The number of ether oxygens (including phenoxy) is 2. The maximum absolute atomic E-state index is 9.19. The Morgan fingerprint density at radius 2 is 1.74 bits per heavy atom. The molecular weight excluding hydrogens is 292 g/mol. The van der Waals surface area contributed by atoms with Gasteiger partial charge in [0.25, 0.3) is 0 Å². The summed E-state index contributed by atoms with van der Waals surface area (Å²) in [5.41, 5.74) is 2.91. The van der Waals surface area contributed by atoms with Gasteiger partial charge >= 0.3 is 0 Å². The number of aliphatic hydroxyl groups excluding tert-OH is 1. The summed E-state index contributed by atoms with van der Waals surface area (Å²) in [6.07, 6.45) is 0.675. The second-order valence-electron chi connectivity index (χ2n) is 5.25. The lowest BCUT2D eigenvalue weighted by Gasteiger charge is -2.11. The average Bonchev–Trinajstić information content (AvgIpc) is 2.98. The highest BCUT2D eigenvalue weighted by Crippen LogP contribution is 2.31. The smallest absolute Gasteiger partial charge is 0.141 e. The molecule has 1 aromatic heterocycles. The van der Waals surface area contributed by atoms with Gasteiger partial charge in [0.1, 0.15) is 17.3 Å². The van der Waals surface area contributed by atoms with E-state index in [0.29, 0.717) is 13.0 Å². The Hall–Kier alpha value is -2.53. The van der Waals surface area contributed by atoms with Crippen molar-refractivity contribution in [3.63, 3.8) is 0 Å². The number of hydrogen-bond donors (Lipinski definition) is 1. The van der Waals surface area contributed by atoms with Gasteiger partial charge in [0.15, 0.2) is 0 Å². The molecule has 0 amide bonds. The molecule has 1 N–H and O–H groups in total. The van der Waals surface area contributed by atoms with Crippen LogP contribution in [0.2, 0.25) is 0 Å². The fourth-order valence-corrected chi connectivity index (χ4v) is 2.69. The number of para-hydroxylation sites is 2. The minimum Gasteiger partial charge on any atom is -0.497 e. The van der Waals surface area contributed by atoms with E-state index in [2.05, 4.69) is 4.57 Å². The van der Waals surface area contributed by atoms with Crippen molar-refractivity contribution in [2.45, 2.75) is 13.0 Å². The predicted octanol–water partition coefficient (Wildman–Crippen LogP) is 3.10. The van der Waals surface area contributed by atoms with Gasteiger partial charge in [-0.15, -0.1) is 0 Å². The average molecular weight is 312 g/mol. The Kier molecular flexibility index (Phi) is 4.48. The van der Waals surface area contributed by atoms with E-state index in [1.165, 1.54) is 0 Å². The number of fused-ring (bicyclic) bond motifs is 1. The number of aromatic nitrogens is 2. The second-order valence-corrected chi connectivity index (χ2v) is 5.25. The Morgan fingerprint density at radius 3 is 2.39 bits per heavy atom. The van der Waals surface area contributed by atoms with E-state index in [-0.39, 0.29) is 6.61 Å². The second kappa shape index (κ2) is 6.71. The van der Waals surface area contributed by atoms with Gasteiger partial charge in [0.2, 0.25) is 0 Å². The molecule has 2 aromatic carbocycles. The van der Waals surface area contributed by atoms with Gasteiger partial charge in [-0.1, -0.05) is 12.1 Å². The van der Waals surface area contributed by atoms with Gasteiger partial charge in [-0.3, -0.25) is 0 Å². The van der Waals surface area contributed by atoms with Crippen LogP contribution < -0.4 is 9.47 Å². The molecule has 0 atom stereocenters. The van der Waals surface area contributed by atoms with E-state index in [1.807, 2.05) is 42.5 Å². The molecule has 0 fully saturated rings. The summed E-state index contributed by atoms with van der Waals surface area (Å²) in [6.45, 7) is 0.846. The number of aliphatic hydroxyl groups is 1. The summed E-state index contributed by atoms with van der Waals surface area (Å²) < 4.78 is 12.8. The summed E-state index contributed by atoms with van der Waals surface area (Å²) in [5.74, 6) is 2.29. The predicted molar refractivity (Wildman–Crippen MR) is 90.0 cm³/mol. The summed E-state index contributed by atoms with van der Waals surface area (Å²) >= 11 is 0. The number of methoxy groups -OCH3 is 2. The number of nitrogens with zero attached hydrogens (tertiary/aromatic N) is 2. The molecule has 1 heterocycles. The first kappa shape index (κ1) is 15.4. The molecular formula is C18H20N2O3. The van der Waals surface area contributed by atoms with Crippen LogP contribution in [0.1, 0.15) is 6.42 Å². The largest absolute Gasteiger partial charge is 0.497 e. The molecule has 0 saturated heterocycles. The molecule has 5 heteroatoms. The molecule has 120 valence electrons. The quantitative estimate of drug-likeness (QED) is 0.760. The van der Waals surface area contributed by atoms with Crippen LogP contribution in [0, 0.1) is 0 Å². The summed E-state index contributed by atoms with van der Waals surface area (Å²) in [6, 6.07) is 13.7. The number of aryl methyl sites for hydroxylation is 1. The number of benzene rings is 2. The molecule has 3 aromatic rings. The topological polar surface area (TPSA) is 56.5 Å². The standard InChI is InChI=1S/C18H20N2O3/c1-22-14-10-13(11-15(12-14)23-2)18-19-16-6-3-4-7-17(16)20(18)8-5-9-21/h3-4,6-7,10-12,21H,5,8-9H2,1-2H3. The SMILES string of the molecule is COc1cc(OC)cc(-c2nc3ccccc3n2CCCO)c1. The third-order valence-corrected chi connectivity index (χ3v) is 3.80. The Morgan fingerprint density at radius 1 is 1.04 bits per heavy atom. The van der Waals surface area contributed by atoms with Crippen molar-refractivity contribution in [1.82, 2.24) is 9.55 Å². The van der Waals surface area contributed by atoms with Gasteiger partial charge in [-0.25, -0.2) is 4.98 Å². The van der Waals surface area contributed by atoms with Crippen molar-refractivity contribution in [3.05, 3.63) is 42.5 Å². The summed E-state index contributed by atoms with van der Waals surface area (Å²) in [4.78, 5) is 4.76. The number of rotatable bonds is 6. The first-order chi connectivity index (χ1) is 11.3. The molecule has 0 aliphatic rings. The fourth-order valence-electron chi connectivity index (χ4n) is 2.69. The van der Waals surface area contributed by atoms with Crippen LogP contribution in [0.15, 0.2) is 42.5 Å². The van der Waals surface area contributed by atoms with Crippen molar-refractivity contribution in [2.24, 2.45) is 0 Å². The monoisotopic (exact) mass is 312 g/mol. The van der Waals surface area contributed by atoms with Gasteiger partial charge in [0, 0.05) is 24.8 Å². The summed E-state index contributed by atoms with van der Waals surface area (Å²) in [5, 5.41) is 9.19. The van der Waals surface area contributed by atoms with Gasteiger partial charge in [0.05, 0.1) is 25.3 Å². The van der Waals surface area contributed by atoms with Crippen molar-refractivity contribution < 1.29 is 14.6 Å². The van der Waals surface area contributed by atoms with Crippen LogP contribution in [0.5, 0.6) is 11.5 Å². The first-order valence-corrected chi connectivity index (χ1v) is 7.56. The van der Waals surface area contributed by atoms with Gasteiger partial charge < -0.3 is 19.1 Å². The van der Waals surface area contributed by atoms with E-state index in [1.54, 1.807) is 14.2 Å². The van der Waals surface area contributed by atoms with Gasteiger partial charge in [-0.2, -0.15) is 0 Å². The zero-order valence-electron chi connectivity index (χ0n) is 13.3. The number of hydrogen-bond acceptors (Lipinski definition) is 4. The van der Waals surface area contributed by atoms with Crippen molar-refractivity contribution >= 4 is 11.0 Å². The minimum absolute atomic E-state index is 0.146. The molecule has 23 heavy (non-hydrogen) atoms. The fraction of sp³-hybridized carbons (Fsp3) is 0.278. The van der Waals surface area contributed by atoms with Crippen LogP contribution in [0.3, 0.4) is 0 Å². The molecule has 0 aliphatic carbocycles. The van der Waals surface area contributed by atoms with E-state index in [9.17, 15) is 5.11 Å². The number of imidazole rings is 1. The zero-order chi connectivity index (χ0) is 16.2. The highest BCUT2D eigenvalue weighted by molar-refractivity contribution is 5.81. The summed E-state index contributed by atoms with van der Waals surface area (Å²) in [7, 11) is 3.26. The highest BCUT2D eigenvalue weighted by atomic mass is 16.5. The van der Waals surface area contributed by atoms with E-state index >= 15 is 0 Å². The first-order valence-electron chi connectivity index (χ1n) is 7.56. The van der Waals surface area contributed by atoms with Crippen LogP contribution >= 0.6 is 0 Å². The van der Waals surface area contributed by atoms with Crippen LogP contribution in [-0.2, 0) is 6.54 Å². The molecule has 0 unspecified atom stereocenters. The van der Waals surface area contributed by atoms with E-state index in [0.717, 1.165) is 33.9 Å². The lowest BCUT2D eigenvalue weighted by atomic mass is 10.2. The lowest BCUT2D eigenvalue weighted by molar-refractivity contribution is 0.281. The molecule has 0 bridgehead atoms. The van der Waals surface area contributed by atoms with Crippen LogP contribution in [0.25, 0.3) is 22.4 Å². The molecule has 5 nitrogen and oxygen atoms in total. The van der Waals surface area contributed by atoms with E-state index < -0.39 is 0 Å². The maximum atomic E-state index is 9.19. The third-order valence-electron chi connectivity index (χ3n) is 3.80. The van der Waals surface area contributed by atoms with Crippen molar-refractivity contribution in [3.8, 4) is 22.9 Å². The Labute approximate surface area is 135 Å². The highest BCUT2D eigenvalue weighted by Gasteiger charge is 2.14. The molecule has 0 radical (unpaired) electrons. The third kappa shape index (κ3) is 3.00. The normalized spacial score (nSPS) is 10.9. The molecule has 0 spiro atoms. The molecule has 3 rings (SSSR count). The van der Waals surface area contributed by atoms with Crippen LogP contribution in [-0.4, -0.2) is 35.5 Å². The maximum Gasteiger partial charge on any atom is 0.141 e. The lowest BCUT2D eigenvalue weighted by Crippen LogP contribution is -2.03. The zero-order valence-corrected chi connectivity index (χ0v) is 13.3. The van der Waals surface area contributed by atoms with Crippen LogP contribution in [0.4, 0.5) is 0 Å². The van der Waals surface area contributed by atoms with Crippen molar-refractivity contribution in [1.29, 1.82) is 0 Å². The van der Waals surface area contributed by atoms with E-state index in [4.69, 9.17) is 14.5 Å². The molecule has 0 aliphatic heterocycles. The Bertz CT molecular complexity index is 789. The van der Waals surface area contributed by atoms with Crippen molar-refractivity contribution in [2.75, 3.05) is 20.8 Å². The molecule has 0 saturated carbocycles. The van der Waals surface area contributed by atoms with Gasteiger partial charge in [-0.05, 0) is 30.7 Å². The Balaban J connectivity index is 2.18.